The van der Waals surface area contributed by atoms with Crippen molar-refractivity contribution in [2.45, 2.75) is 32.5 Å². The topological polar surface area (TPSA) is 84.9 Å². The van der Waals surface area contributed by atoms with Crippen molar-refractivity contribution < 1.29 is 14.2 Å². The van der Waals surface area contributed by atoms with E-state index in [4.69, 9.17) is 24.2 Å². The van der Waals surface area contributed by atoms with E-state index in [0.29, 0.717) is 32.3 Å². The van der Waals surface area contributed by atoms with E-state index in [1.165, 1.54) is 5.56 Å². The highest BCUT2D eigenvalue weighted by Gasteiger charge is 2.28. The Labute approximate surface area is 247 Å². The monoisotopic (exact) mass is 566 g/mol. The molecule has 2 aliphatic rings. The summed E-state index contributed by atoms with van der Waals surface area (Å²) in [6.45, 7) is 8.33. The minimum absolute atomic E-state index is 0.267. The molecule has 1 atom stereocenters. The quantitative estimate of drug-likeness (QED) is 0.282. The van der Waals surface area contributed by atoms with Crippen LogP contribution in [0.25, 0.3) is 11.4 Å². The van der Waals surface area contributed by atoms with Crippen LogP contribution in [0.5, 0.6) is 5.88 Å². The number of anilines is 3. The number of morpholine rings is 1. The first-order valence-electron chi connectivity index (χ1n) is 14.6. The van der Waals surface area contributed by atoms with Gasteiger partial charge in [-0.15, -0.1) is 0 Å². The van der Waals surface area contributed by atoms with E-state index in [1.807, 2.05) is 60.7 Å². The van der Waals surface area contributed by atoms with Crippen molar-refractivity contribution in [3.8, 4) is 17.3 Å². The fourth-order valence-electron chi connectivity index (χ4n) is 5.43. The van der Waals surface area contributed by atoms with Crippen molar-refractivity contribution in [2.75, 3.05) is 56.8 Å². The Bertz CT molecular complexity index is 1470. The van der Waals surface area contributed by atoms with Crippen molar-refractivity contribution in [3.05, 3.63) is 89.6 Å². The van der Waals surface area contributed by atoms with Gasteiger partial charge in [0.15, 0.2) is 5.82 Å². The zero-order valence-corrected chi connectivity index (χ0v) is 24.3. The van der Waals surface area contributed by atoms with Crippen LogP contribution in [-0.4, -0.2) is 72.5 Å². The molecule has 0 saturated carbocycles. The number of methoxy groups -OCH3 is 1. The van der Waals surface area contributed by atoms with Crippen LogP contribution in [0.1, 0.15) is 23.7 Å². The summed E-state index contributed by atoms with van der Waals surface area (Å²) in [4.78, 5) is 19.7. The van der Waals surface area contributed by atoms with Crippen LogP contribution < -0.4 is 15.0 Å². The number of benzene rings is 2. The summed E-state index contributed by atoms with van der Waals surface area (Å²) in [6.07, 6.45) is 0.933. The van der Waals surface area contributed by atoms with Gasteiger partial charge in [0.1, 0.15) is 18.2 Å². The minimum atomic E-state index is 0.267. The molecule has 6 rings (SSSR count). The minimum Gasteiger partial charge on any atom is -0.473 e. The van der Waals surface area contributed by atoms with Gasteiger partial charge < -0.3 is 24.4 Å². The molecule has 4 aromatic rings. The molecule has 2 aliphatic heterocycles. The predicted molar refractivity (Wildman–Crippen MR) is 164 cm³/mol. The average molecular weight is 567 g/mol. The summed E-state index contributed by atoms with van der Waals surface area (Å²) in [6, 6.07) is 24.3. The van der Waals surface area contributed by atoms with Gasteiger partial charge in [0, 0.05) is 56.2 Å². The summed E-state index contributed by atoms with van der Waals surface area (Å²) >= 11 is 0. The molecule has 9 nitrogen and oxygen atoms in total. The second-order valence-corrected chi connectivity index (χ2v) is 10.8. The number of nitrogens with one attached hydrogen (secondary N) is 1. The van der Waals surface area contributed by atoms with Gasteiger partial charge >= 0.3 is 0 Å². The molecule has 1 saturated heterocycles. The Morgan fingerprint density at radius 2 is 1.81 bits per heavy atom. The molecule has 0 spiro atoms. The van der Waals surface area contributed by atoms with E-state index < -0.39 is 0 Å². The van der Waals surface area contributed by atoms with Gasteiger partial charge in [-0.1, -0.05) is 36.4 Å². The molecule has 0 bridgehead atoms. The maximum atomic E-state index is 5.90. The molecule has 0 aliphatic carbocycles. The zero-order chi connectivity index (χ0) is 28.7. The lowest BCUT2D eigenvalue weighted by Crippen LogP contribution is -2.45. The summed E-state index contributed by atoms with van der Waals surface area (Å²) in [5.41, 5.74) is 5.38. The summed E-state index contributed by atoms with van der Waals surface area (Å²) in [5.74, 6) is 3.10. The maximum Gasteiger partial charge on any atom is 0.215 e. The van der Waals surface area contributed by atoms with Gasteiger partial charge in [-0.3, -0.25) is 4.90 Å². The number of pyridine rings is 1. The highest BCUT2D eigenvalue weighted by molar-refractivity contribution is 5.66. The van der Waals surface area contributed by atoms with Crippen LogP contribution >= 0.6 is 0 Å². The van der Waals surface area contributed by atoms with Crippen molar-refractivity contribution in [1.29, 1.82) is 0 Å². The maximum absolute atomic E-state index is 5.90. The second-order valence-electron chi connectivity index (χ2n) is 10.8. The summed E-state index contributed by atoms with van der Waals surface area (Å²) < 4.78 is 17.0. The number of ether oxygens (including phenoxy) is 3. The van der Waals surface area contributed by atoms with E-state index in [1.54, 1.807) is 7.11 Å². The third-order valence-electron chi connectivity index (χ3n) is 7.74. The fourth-order valence-corrected chi connectivity index (χ4v) is 5.43. The van der Waals surface area contributed by atoms with Crippen LogP contribution in [0.4, 0.5) is 17.3 Å². The molecule has 1 fully saturated rings. The standard InChI is InChI=1S/C33H38N6O3/c1-24-22-41-20-18-39(24)33-28-15-16-38(17-19-40-2)21-29(28)35-32(37-33)26-11-13-27(14-12-26)34-30-9-6-10-31(36-30)42-23-25-7-4-3-5-8-25/h3-14,24H,15-23H2,1-2H3,(H,34,36). The molecule has 1 unspecified atom stereocenters. The Hall–Kier alpha value is -4.05. The van der Waals surface area contributed by atoms with Crippen molar-refractivity contribution in [2.24, 2.45) is 0 Å². The molecule has 1 N–H and O–H groups in total. The van der Waals surface area contributed by atoms with E-state index >= 15 is 0 Å². The summed E-state index contributed by atoms with van der Waals surface area (Å²) in [7, 11) is 1.75. The lowest BCUT2D eigenvalue weighted by molar-refractivity contribution is 0.0982. The summed E-state index contributed by atoms with van der Waals surface area (Å²) in [5, 5.41) is 3.39. The third-order valence-corrected chi connectivity index (χ3v) is 7.74. The van der Waals surface area contributed by atoms with Crippen molar-refractivity contribution >= 4 is 17.3 Å². The van der Waals surface area contributed by atoms with E-state index in [-0.39, 0.29) is 6.04 Å². The molecular weight excluding hydrogens is 528 g/mol. The second kappa shape index (κ2) is 13.3. The highest BCUT2D eigenvalue weighted by Crippen LogP contribution is 2.32. The Morgan fingerprint density at radius 3 is 2.62 bits per heavy atom. The van der Waals surface area contributed by atoms with Crippen LogP contribution in [0, 0.1) is 0 Å². The van der Waals surface area contributed by atoms with E-state index in [0.717, 1.165) is 72.6 Å². The number of nitrogens with zero attached hydrogens (tertiary/aromatic N) is 5. The Balaban J connectivity index is 1.21. The smallest absolute Gasteiger partial charge is 0.215 e. The van der Waals surface area contributed by atoms with Gasteiger partial charge in [-0.25, -0.2) is 9.97 Å². The normalized spacial score (nSPS) is 17.1. The number of hydrogen-bond donors (Lipinski definition) is 1. The first kappa shape index (κ1) is 28.1. The van der Waals surface area contributed by atoms with Gasteiger partial charge in [-0.2, -0.15) is 4.98 Å². The largest absolute Gasteiger partial charge is 0.473 e. The molecule has 2 aromatic heterocycles. The molecule has 2 aromatic carbocycles. The molecule has 218 valence electrons. The SMILES string of the molecule is COCCN1CCc2c(nc(-c3ccc(Nc4cccc(OCc5ccccc5)n4)cc3)nc2N2CCOCC2C)C1. The van der Waals surface area contributed by atoms with Crippen LogP contribution in [-0.2, 0) is 29.0 Å². The fraction of sp³-hybridized carbons (Fsp3) is 0.364. The van der Waals surface area contributed by atoms with Crippen LogP contribution in [0.3, 0.4) is 0 Å². The van der Waals surface area contributed by atoms with Gasteiger partial charge in [0.05, 0.1) is 31.6 Å². The number of aromatic nitrogens is 3. The Kier molecular flexibility index (Phi) is 8.89. The van der Waals surface area contributed by atoms with E-state index in [2.05, 4.69) is 39.2 Å². The molecule has 0 radical (unpaired) electrons. The number of hydrogen-bond acceptors (Lipinski definition) is 9. The molecule has 0 amide bonds. The first-order valence-corrected chi connectivity index (χ1v) is 14.6. The van der Waals surface area contributed by atoms with Gasteiger partial charge in [0.2, 0.25) is 5.88 Å². The first-order chi connectivity index (χ1) is 20.7. The number of fused-ring (bicyclic) bond motifs is 1. The molecule has 42 heavy (non-hydrogen) atoms. The van der Waals surface area contributed by atoms with Crippen LogP contribution in [0.15, 0.2) is 72.8 Å². The van der Waals surface area contributed by atoms with Crippen molar-refractivity contribution in [1.82, 2.24) is 19.9 Å². The van der Waals surface area contributed by atoms with E-state index in [9.17, 15) is 0 Å². The van der Waals surface area contributed by atoms with Crippen LogP contribution in [0.2, 0.25) is 0 Å². The third kappa shape index (κ3) is 6.70. The molecule has 4 heterocycles. The number of rotatable bonds is 10. The lowest BCUT2D eigenvalue weighted by Gasteiger charge is -2.37. The van der Waals surface area contributed by atoms with Gasteiger partial charge in [-0.05, 0) is 49.2 Å². The predicted octanol–water partition coefficient (Wildman–Crippen LogP) is 5.09. The van der Waals surface area contributed by atoms with Gasteiger partial charge in [0.25, 0.3) is 0 Å². The Morgan fingerprint density at radius 1 is 0.952 bits per heavy atom. The molecule has 9 heteroatoms. The average Bonchev–Trinajstić information content (AvgIpc) is 3.03. The lowest BCUT2D eigenvalue weighted by atomic mass is 10.0. The molecular formula is C33H38N6O3. The highest BCUT2D eigenvalue weighted by atomic mass is 16.5. The van der Waals surface area contributed by atoms with Crippen molar-refractivity contribution in [3.63, 3.8) is 0 Å². The zero-order valence-electron chi connectivity index (χ0n) is 24.3.